The van der Waals surface area contributed by atoms with Gasteiger partial charge in [-0.05, 0) is 46.1 Å². The molecular weight excluding hydrogens is 330 g/mol. The molecule has 1 aromatic heterocycles. The molecule has 0 bridgehead atoms. The monoisotopic (exact) mass is 361 g/mol. The second kappa shape index (κ2) is 8.62. The maximum atomic E-state index is 13.0. The van der Waals surface area contributed by atoms with E-state index in [4.69, 9.17) is 0 Å². The highest BCUT2D eigenvalue weighted by Crippen LogP contribution is 2.21. The number of rotatable bonds is 6. The number of aryl methyl sites for hydroxylation is 1. The van der Waals surface area contributed by atoms with E-state index >= 15 is 0 Å². The zero-order valence-corrected chi connectivity index (χ0v) is 16.6. The highest BCUT2D eigenvalue weighted by molar-refractivity contribution is 6.05. The highest BCUT2D eigenvalue weighted by Gasteiger charge is 2.29. The number of carbonyl (C=O) groups is 3. The molecule has 0 aromatic carbocycles. The zero-order valence-electron chi connectivity index (χ0n) is 16.6. The highest BCUT2D eigenvalue weighted by atomic mass is 16.2. The second-order valence-electron chi connectivity index (χ2n) is 7.24. The molecule has 1 saturated heterocycles. The minimum Gasteiger partial charge on any atom is -0.355 e. The molecule has 2 rings (SSSR count). The Hall–Kier alpha value is -1.95. The first-order chi connectivity index (χ1) is 12.3. The zero-order chi connectivity index (χ0) is 19.4. The van der Waals surface area contributed by atoms with Gasteiger partial charge in [0, 0.05) is 43.9 Å². The number of amides is 1. The molecule has 6 nitrogen and oxygen atoms in total. The van der Waals surface area contributed by atoms with Crippen molar-refractivity contribution in [2.75, 3.05) is 26.2 Å². The van der Waals surface area contributed by atoms with Crippen LogP contribution in [-0.4, -0.2) is 64.5 Å². The molecule has 1 atom stereocenters. The van der Waals surface area contributed by atoms with E-state index in [1.165, 1.54) is 6.92 Å². The molecule has 2 heterocycles. The third-order valence-electron chi connectivity index (χ3n) is 5.31. The van der Waals surface area contributed by atoms with E-state index in [0.29, 0.717) is 30.8 Å². The van der Waals surface area contributed by atoms with Crippen LogP contribution in [0.3, 0.4) is 0 Å². The second-order valence-corrected chi connectivity index (χ2v) is 7.24. The lowest BCUT2D eigenvalue weighted by Gasteiger charge is -2.26. The Balaban J connectivity index is 2.10. The fourth-order valence-electron chi connectivity index (χ4n) is 3.85. The molecular formula is C20H31N3O3. The van der Waals surface area contributed by atoms with Crippen LogP contribution < -0.4 is 0 Å². The first kappa shape index (κ1) is 20.4. The average Bonchev–Trinajstić information content (AvgIpc) is 2.77. The molecule has 0 spiro atoms. The van der Waals surface area contributed by atoms with Gasteiger partial charge in [0.15, 0.2) is 11.6 Å². The van der Waals surface area contributed by atoms with Crippen molar-refractivity contribution >= 4 is 17.5 Å². The molecule has 0 unspecified atom stereocenters. The number of hydrogen-bond acceptors (Lipinski definition) is 4. The molecule has 1 amide bonds. The average molecular weight is 361 g/mol. The first-order valence-electron chi connectivity index (χ1n) is 9.54. The van der Waals surface area contributed by atoms with Gasteiger partial charge in [0.2, 0.25) is 5.91 Å². The van der Waals surface area contributed by atoms with Gasteiger partial charge in [-0.15, -0.1) is 0 Å². The van der Waals surface area contributed by atoms with E-state index in [-0.39, 0.29) is 23.5 Å². The molecule has 26 heavy (non-hydrogen) atoms. The van der Waals surface area contributed by atoms with Gasteiger partial charge in [0.1, 0.15) is 0 Å². The van der Waals surface area contributed by atoms with Gasteiger partial charge >= 0.3 is 0 Å². The standard InChI is InChI=1S/C20H31N3O3/c1-6-8-17(25)23-10-7-9-22(11-12-23)15(4)20(26)19-13(2)18(16(5)24)14(3)21-19/h15,21H,6-12H2,1-5H3/t15-/m1/s1. The van der Waals surface area contributed by atoms with Crippen LogP contribution in [0.4, 0.5) is 0 Å². The normalized spacial score (nSPS) is 17.0. The van der Waals surface area contributed by atoms with E-state index in [2.05, 4.69) is 9.88 Å². The lowest BCUT2D eigenvalue weighted by Crippen LogP contribution is -2.42. The summed E-state index contributed by atoms with van der Waals surface area (Å²) in [5.41, 5.74) is 2.63. The summed E-state index contributed by atoms with van der Waals surface area (Å²) in [6, 6.07) is -0.284. The lowest BCUT2D eigenvalue weighted by molar-refractivity contribution is -0.131. The van der Waals surface area contributed by atoms with Crippen molar-refractivity contribution in [1.29, 1.82) is 0 Å². The van der Waals surface area contributed by atoms with Crippen LogP contribution in [0.25, 0.3) is 0 Å². The van der Waals surface area contributed by atoms with E-state index in [1.54, 1.807) is 0 Å². The van der Waals surface area contributed by atoms with E-state index in [0.717, 1.165) is 37.2 Å². The van der Waals surface area contributed by atoms with Gasteiger partial charge in [0.25, 0.3) is 0 Å². The smallest absolute Gasteiger partial charge is 0.222 e. The summed E-state index contributed by atoms with van der Waals surface area (Å²) < 4.78 is 0. The van der Waals surface area contributed by atoms with Gasteiger partial charge in [0.05, 0.1) is 11.7 Å². The number of nitrogens with one attached hydrogen (secondary N) is 1. The van der Waals surface area contributed by atoms with Crippen LogP contribution in [0.1, 0.15) is 72.1 Å². The molecule has 1 aromatic rings. The van der Waals surface area contributed by atoms with Crippen LogP contribution in [0.5, 0.6) is 0 Å². The summed E-state index contributed by atoms with van der Waals surface area (Å²) in [5.74, 6) is 0.185. The van der Waals surface area contributed by atoms with Crippen LogP contribution in [0.2, 0.25) is 0 Å². The van der Waals surface area contributed by atoms with Crippen LogP contribution in [-0.2, 0) is 4.79 Å². The molecule has 144 valence electrons. The van der Waals surface area contributed by atoms with E-state index in [1.807, 2.05) is 32.6 Å². The summed E-state index contributed by atoms with van der Waals surface area (Å²) in [5, 5.41) is 0. The van der Waals surface area contributed by atoms with Crippen molar-refractivity contribution in [2.24, 2.45) is 0 Å². The van der Waals surface area contributed by atoms with Crippen molar-refractivity contribution in [2.45, 2.75) is 59.9 Å². The summed E-state index contributed by atoms with van der Waals surface area (Å²) in [4.78, 5) is 44.1. The number of hydrogen-bond donors (Lipinski definition) is 1. The van der Waals surface area contributed by atoms with Gasteiger partial charge in [-0.1, -0.05) is 6.92 Å². The molecule has 1 aliphatic rings. The number of H-pyrrole nitrogens is 1. The SMILES string of the molecule is CCCC(=O)N1CCCN([C@H](C)C(=O)c2[nH]c(C)c(C(C)=O)c2C)CC1. The fourth-order valence-corrected chi connectivity index (χ4v) is 3.85. The maximum Gasteiger partial charge on any atom is 0.222 e. The van der Waals surface area contributed by atoms with Gasteiger partial charge < -0.3 is 9.88 Å². The van der Waals surface area contributed by atoms with Gasteiger partial charge in [-0.2, -0.15) is 0 Å². The van der Waals surface area contributed by atoms with E-state index in [9.17, 15) is 14.4 Å². The Morgan fingerprint density at radius 2 is 1.81 bits per heavy atom. The Kier molecular flexibility index (Phi) is 6.75. The topological polar surface area (TPSA) is 73.5 Å². The van der Waals surface area contributed by atoms with Crippen molar-refractivity contribution in [3.8, 4) is 0 Å². The van der Waals surface area contributed by atoms with Crippen molar-refractivity contribution in [3.05, 3.63) is 22.5 Å². The maximum absolute atomic E-state index is 13.0. The van der Waals surface area contributed by atoms with Crippen molar-refractivity contribution in [1.82, 2.24) is 14.8 Å². The molecule has 1 N–H and O–H groups in total. The molecule has 1 fully saturated rings. The molecule has 0 aliphatic carbocycles. The number of carbonyl (C=O) groups excluding carboxylic acids is 3. The van der Waals surface area contributed by atoms with Gasteiger partial charge in [-0.3, -0.25) is 19.3 Å². The fraction of sp³-hybridized carbons (Fsp3) is 0.650. The van der Waals surface area contributed by atoms with Crippen LogP contribution in [0.15, 0.2) is 0 Å². The van der Waals surface area contributed by atoms with Crippen molar-refractivity contribution in [3.63, 3.8) is 0 Å². The third-order valence-corrected chi connectivity index (χ3v) is 5.31. The number of aromatic amines is 1. The summed E-state index contributed by atoms with van der Waals surface area (Å²) in [7, 11) is 0. The molecule has 6 heteroatoms. The summed E-state index contributed by atoms with van der Waals surface area (Å²) in [6.07, 6.45) is 2.32. The number of Topliss-reactive ketones (excluding diaryl/α,β-unsaturated/α-hetero) is 2. The number of nitrogens with zero attached hydrogens (tertiary/aromatic N) is 2. The number of aromatic nitrogens is 1. The predicted molar refractivity (Wildman–Crippen MR) is 102 cm³/mol. The van der Waals surface area contributed by atoms with Crippen molar-refractivity contribution < 1.29 is 14.4 Å². The Morgan fingerprint density at radius 3 is 2.38 bits per heavy atom. The quantitative estimate of drug-likeness (QED) is 0.791. The lowest BCUT2D eigenvalue weighted by atomic mass is 10.0. The summed E-state index contributed by atoms with van der Waals surface area (Å²) in [6.45, 7) is 12.0. The van der Waals surface area contributed by atoms with E-state index < -0.39 is 0 Å². The minimum atomic E-state index is -0.284. The van der Waals surface area contributed by atoms with Crippen LogP contribution >= 0.6 is 0 Å². The third kappa shape index (κ3) is 4.23. The number of ketones is 2. The Bertz CT molecular complexity index is 693. The summed E-state index contributed by atoms with van der Waals surface area (Å²) >= 11 is 0. The minimum absolute atomic E-state index is 0.00596. The molecule has 1 aliphatic heterocycles. The Morgan fingerprint density at radius 1 is 1.12 bits per heavy atom. The molecule has 0 radical (unpaired) electrons. The van der Waals surface area contributed by atoms with Gasteiger partial charge in [-0.25, -0.2) is 0 Å². The Labute approximate surface area is 155 Å². The first-order valence-corrected chi connectivity index (χ1v) is 9.54. The predicted octanol–water partition coefficient (Wildman–Crippen LogP) is 2.74. The van der Waals surface area contributed by atoms with Crippen LogP contribution in [0, 0.1) is 13.8 Å². The largest absolute Gasteiger partial charge is 0.355 e. The molecule has 0 saturated carbocycles.